The molecule has 0 spiro atoms. The minimum Gasteiger partial charge on any atom is -0.363 e. The molecule has 0 aliphatic carbocycles. The van der Waals surface area contributed by atoms with Gasteiger partial charge in [-0.05, 0) is 51.1 Å². The van der Waals surface area contributed by atoms with Crippen LogP contribution in [0.2, 0.25) is 10.0 Å². The minimum atomic E-state index is -0.521. The Labute approximate surface area is 200 Å². The molecule has 3 aromatic heterocycles. The van der Waals surface area contributed by atoms with E-state index in [-0.39, 0.29) is 5.02 Å². The van der Waals surface area contributed by atoms with E-state index in [9.17, 15) is 4.39 Å². The van der Waals surface area contributed by atoms with Crippen LogP contribution in [0.15, 0.2) is 43.1 Å². The van der Waals surface area contributed by atoms with Gasteiger partial charge in [0.2, 0.25) is 0 Å². The van der Waals surface area contributed by atoms with Gasteiger partial charge in [0.25, 0.3) is 0 Å². The number of anilines is 1. The number of rotatable bonds is 5. The molecule has 1 atom stereocenters. The minimum absolute atomic E-state index is 0.00926. The van der Waals surface area contributed by atoms with Gasteiger partial charge < -0.3 is 10.6 Å². The van der Waals surface area contributed by atoms with Crippen LogP contribution in [-0.2, 0) is 0 Å². The molecule has 4 heterocycles. The SMILES string of the molecule is CC(Nc1ncnc2ncc(-c3cnn(C4CCNCC4)c3)cc12)c1c(Cl)ccc(F)c1Cl. The summed E-state index contributed by atoms with van der Waals surface area (Å²) in [5.41, 5.74) is 2.90. The summed E-state index contributed by atoms with van der Waals surface area (Å²) in [7, 11) is 0. The zero-order valence-electron chi connectivity index (χ0n) is 17.9. The normalized spacial score (nSPS) is 15.6. The lowest BCUT2D eigenvalue weighted by Crippen LogP contribution is -2.29. The van der Waals surface area contributed by atoms with Crippen molar-refractivity contribution in [3.8, 4) is 11.1 Å². The molecule has 1 saturated heterocycles. The molecule has 0 bridgehead atoms. The average molecular weight is 486 g/mol. The highest BCUT2D eigenvalue weighted by Gasteiger charge is 2.20. The third-order valence-corrected chi connectivity index (χ3v) is 6.69. The molecule has 1 aromatic carbocycles. The van der Waals surface area contributed by atoms with Gasteiger partial charge in [-0.15, -0.1) is 0 Å². The predicted octanol–water partition coefficient (Wildman–Crippen LogP) is 5.43. The molecule has 2 N–H and O–H groups in total. The molecule has 5 rings (SSSR count). The summed E-state index contributed by atoms with van der Waals surface area (Å²) in [5, 5.41) is 12.4. The van der Waals surface area contributed by atoms with E-state index in [1.54, 1.807) is 6.20 Å². The first-order valence-electron chi connectivity index (χ1n) is 10.8. The van der Waals surface area contributed by atoms with E-state index in [4.69, 9.17) is 23.2 Å². The van der Waals surface area contributed by atoms with Crippen LogP contribution in [0.5, 0.6) is 0 Å². The molecule has 0 amide bonds. The van der Waals surface area contributed by atoms with Crippen LogP contribution in [0.25, 0.3) is 22.2 Å². The van der Waals surface area contributed by atoms with E-state index < -0.39 is 11.9 Å². The van der Waals surface area contributed by atoms with Crippen LogP contribution < -0.4 is 10.6 Å². The summed E-state index contributed by atoms with van der Waals surface area (Å²) < 4.78 is 16.1. The van der Waals surface area contributed by atoms with E-state index in [2.05, 4.69) is 36.9 Å². The molecule has 4 aromatic rings. The van der Waals surface area contributed by atoms with Crippen LogP contribution in [0.3, 0.4) is 0 Å². The van der Waals surface area contributed by atoms with Gasteiger partial charge >= 0.3 is 0 Å². The Morgan fingerprint density at radius 3 is 2.76 bits per heavy atom. The number of benzene rings is 1. The Balaban J connectivity index is 1.47. The van der Waals surface area contributed by atoms with E-state index >= 15 is 0 Å². The lowest BCUT2D eigenvalue weighted by Gasteiger charge is -2.22. The standard InChI is InChI=1S/C23H22Cl2FN7/c1-13(20-18(24)2-3-19(26)21(20)25)32-23-17-8-14(9-28-22(17)29-12-30-23)15-10-31-33(11-15)16-4-6-27-7-5-16/h2-3,8-13,16,27H,4-7H2,1H3,(H,28,29,30,32). The molecule has 0 radical (unpaired) electrons. The molecule has 1 aliphatic heterocycles. The quantitative estimate of drug-likeness (QED) is 0.366. The molecular weight excluding hydrogens is 464 g/mol. The number of piperidine rings is 1. The van der Waals surface area contributed by atoms with Gasteiger partial charge in [-0.1, -0.05) is 23.2 Å². The van der Waals surface area contributed by atoms with Crippen molar-refractivity contribution >= 4 is 40.1 Å². The highest BCUT2D eigenvalue weighted by atomic mass is 35.5. The number of halogens is 3. The second-order valence-corrected chi connectivity index (χ2v) is 8.92. The van der Waals surface area contributed by atoms with Gasteiger partial charge in [0.15, 0.2) is 5.65 Å². The maximum absolute atomic E-state index is 14.0. The molecule has 1 aliphatic rings. The number of aromatic nitrogens is 5. The smallest absolute Gasteiger partial charge is 0.164 e. The number of nitrogens with one attached hydrogen (secondary N) is 2. The Kier molecular flexibility index (Phi) is 6.14. The zero-order valence-corrected chi connectivity index (χ0v) is 19.4. The fourth-order valence-corrected chi connectivity index (χ4v) is 4.89. The fourth-order valence-electron chi connectivity index (χ4n) is 4.19. The molecule has 33 heavy (non-hydrogen) atoms. The maximum Gasteiger partial charge on any atom is 0.164 e. The van der Waals surface area contributed by atoms with Gasteiger partial charge in [0, 0.05) is 34.1 Å². The summed E-state index contributed by atoms with van der Waals surface area (Å²) in [6, 6.07) is 4.73. The Hall–Kier alpha value is -2.81. The average Bonchev–Trinajstić information content (AvgIpc) is 3.33. The lowest BCUT2D eigenvalue weighted by atomic mass is 10.1. The third kappa shape index (κ3) is 4.38. The molecule has 10 heteroatoms. The summed E-state index contributed by atoms with van der Waals surface area (Å²) >= 11 is 12.5. The van der Waals surface area contributed by atoms with Crippen molar-refractivity contribution in [2.75, 3.05) is 18.4 Å². The van der Waals surface area contributed by atoms with Crippen molar-refractivity contribution in [3.05, 3.63) is 64.5 Å². The zero-order chi connectivity index (χ0) is 22.9. The Bertz CT molecular complexity index is 1300. The van der Waals surface area contributed by atoms with Crippen molar-refractivity contribution in [1.29, 1.82) is 0 Å². The maximum atomic E-state index is 14.0. The number of hydrogen-bond acceptors (Lipinski definition) is 6. The van der Waals surface area contributed by atoms with Crippen LogP contribution in [0, 0.1) is 5.82 Å². The van der Waals surface area contributed by atoms with Gasteiger partial charge in [0.1, 0.15) is 18.0 Å². The van der Waals surface area contributed by atoms with Crippen molar-refractivity contribution in [2.24, 2.45) is 0 Å². The highest BCUT2D eigenvalue weighted by Crippen LogP contribution is 2.35. The van der Waals surface area contributed by atoms with Crippen LogP contribution >= 0.6 is 23.2 Å². The summed E-state index contributed by atoms with van der Waals surface area (Å²) in [6.45, 7) is 3.85. The van der Waals surface area contributed by atoms with Gasteiger partial charge in [-0.3, -0.25) is 4.68 Å². The van der Waals surface area contributed by atoms with E-state index in [0.29, 0.717) is 28.1 Å². The predicted molar refractivity (Wildman–Crippen MR) is 128 cm³/mol. The molecular formula is C23H22Cl2FN7. The number of pyridine rings is 1. The first-order chi connectivity index (χ1) is 16.0. The van der Waals surface area contributed by atoms with Gasteiger partial charge in [-0.2, -0.15) is 5.10 Å². The van der Waals surface area contributed by atoms with Gasteiger partial charge in [0.05, 0.1) is 28.7 Å². The summed E-state index contributed by atoms with van der Waals surface area (Å²) in [5.74, 6) is 0.0379. The second kappa shape index (κ2) is 9.21. The number of fused-ring (bicyclic) bond motifs is 1. The van der Waals surface area contributed by atoms with Crippen LogP contribution in [-0.4, -0.2) is 37.8 Å². The molecule has 1 fully saturated rings. The molecule has 7 nitrogen and oxygen atoms in total. The Morgan fingerprint density at radius 2 is 1.94 bits per heavy atom. The number of nitrogens with zero attached hydrogens (tertiary/aromatic N) is 5. The highest BCUT2D eigenvalue weighted by molar-refractivity contribution is 6.36. The van der Waals surface area contributed by atoms with Crippen molar-refractivity contribution in [3.63, 3.8) is 0 Å². The van der Waals surface area contributed by atoms with Crippen LogP contribution in [0.4, 0.5) is 10.2 Å². The van der Waals surface area contributed by atoms with Gasteiger partial charge in [-0.25, -0.2) is 19.3 Å². The lowest BCUT2D eigenvalue weighted by molar-refractivity contribution is 0.343. The van der Waals surface area contributed by atoms with Crippen molar-refractivity contribution in [2.45, 2.75) is 31.8 Å². The second-order valence-electron chi connectivity index (χ2n) is 8.13. The fraction of sp³-hybridized carbons (Fsp3) is 0.304. The third-order valence-electron chi connectivity index (χ3n) is 5.97. The van der Waals surface area contributed by atoms with E-state index in [1.807, 2.05) is 23.9 Å². The van der Waals surface area contributed by atoms with Crippen molar-refractivity contribution < 1.29 is 4.39 Å². The number of hydrogen-bond donors (Lipinski definition) is 2. The topological polar surface area (TPSA) is 80.6 Å². The first kappa shape index (κ1) is 22.0. The molecule has 170 valence electrons. The summed E-state index contributed by atoms with van der Waals surface area (Å²) in [4.78, 5) is 13.2. The van der Waals surface area contributed by atoms with E-state index in [1.165, 1.54) is 18.5 Å². The summed E-state index contributed by atoms with van der Waals surface area (Å²) in [6.07, 6.45) is 9.26. The van der Waals surface area contributed by atoms with E-state index in [0.717, 1.165) is 42.4 Å². The molecule has 1 unspecified atom stereocenters. The van der Waals surface area contributed by atoms with Crippen molar-refractivity contribution in [1.82, 2.24) is 30.0 Å². The monoisotopic (exact) mass is 485 g/mol. The largest absolute Gasteiger partial charge is 0.363 e. The molecule has 0 saturated carbocycles. The first-order valence-corrected chi connectivity index (χ1v) is 11.5. The Morgan fingerprint density at radius 1 is 1.12 bits per heavy atom. The van der Waals surface area contributed by atoms with Crippen LogP contribution in [0.1, 0.15) is 37.4 Å².